The molecule has 0 fully saturated rings. The molecule has 0 atom stereocenters. The molecule has 2 N–H and O–H groups in total. The fraction of sp³-hybridized carbons (Fsp3) is 0.143. The van der Waals surface area contributed by atoms with Gasteiger partial charge in [0.25, 0.3) is 0 Å². The van der Waals surface area contributed by atoms with Crippen LogP contribution in [0.2, 0.25) is 0 Å². The van der Waals surface area contributed by atoms with E-state index >= 15 is 0 Å². The van der Waals surface area contributed by atoms with Crippen LogP contribution >= 0.6 is 0 Å². The van der Waals surface area contributed by atoms with Crippen molar-refractivity contribution in [1.82, 2.24) is 0 Å². The summed E-state index contributed by atoms with van der Waals surface area (Å²) >= 11 is 0. The van der Waals surface area contributed by atoms with E-state index in [2.05, 4.69) is 0 Å². The molecule has 110 valence electrons. The Kier molecular flexibility index (Phi) is 3.13. The lowest BCUT2D eigenvalue weighted by Crippen LogP contribution is -2.03. The molecule has 6 nitrogen and oxygen atoms in total. The normalized spacial score (nSPS) is 13.2. The summed E-state index contributed by atoms with van der Waals surface area (Å²) in [5.74, 6) is 1.97. The van der Waals surface area contributed by atoms with E-state index in [4.69, 9.17) is 19.9 Å². The number of hydrogen-bond donors (Lipinski definition) is 1. The molecule has 0 saturated heterocycles. The highest BCUT2D eigenvalue weighted by atomic mass is 32.2. The van der Waals surface area contributed by atoms with Crippen molar-refractivity contribution in [2.75, 3.05) is 18.8 Å². The van der Waals surface area contributed by atoms with Crippen molar-refractivity contribution in [2.45, 2.75) is 4.90 Å². The van der Waals surface area contributed by atoms with Gasteiger partial charge in [-0.3, -0.25) is 0 Å². The van der Waals surface area contributed by atoms with Gasteiger partial charge in [0.2, 0.25) is 6.79 Å². The molecule has 0 amide bonds. The summed E-state index contributed by atoms with van der Waals surface area (Å²) in [4.78, 5) is 0.0424. The SMILES string of the molecule is CS(=O)(=O)c1cccc(Oc2ccc3c(c2)OCO3)c1N. The van der Waals surface area contributed by atoms with Gasteiger partial charge in [0.05, 0.1) is 10.6 Å². The van der Waals surface area contributed by atoms with E-state index in [9.17, 15) is 8.42 Å². The average molecular weight is 307 g/mol. The molecule has 3 rings (SSSR count). The molecule has 1 aliphatic heterocycles. The van der Waals surface area contributed by atoms with Crippen LogP contribution in [0.15, 0.2) is 41.3 Å². The van der Waals surface area contributed by atoms with Gasteiger partial charge < -0.3 is 19.9 Å². The largest absolute Gasteiger partial charge is 0.455 e. The van der Waals surface area contributed by atoms with Gasteiger partial charge in [-0.15, -0.1) is 0 Å². The van der Waals surface area contributed by atoms with Gasteiger partial charge in [-0.05, 0) is 24.3 Å². The number of sulfone groups is 1. The zero-order valence-corrected chi connectivity index (χ0v) is 12.0. The summed E-state index contributed by atoms with van der Waals surface area (Å²) in [7, 11) is -3.41. The van der Waals surface area contributed by atoms with E-state index < -0.39 is 9.84 Å². The Morgan fingerprint density at radius 1 is 1.14 bits per heavy atom. The number of anilines is 1. The van der Waals surface area contributed by atoms with Crippen molar-refractivity contribution < 1.29 is 22.6 Å². The Morgan fingerprint density at radius 2 is 1.90 bits per heavy atom. The molecule has 0 unspecified atom stereocenters. The first-order valence-corrected chi connectivity index (χ1v) is 8.00. The minimum atomic E-state index is -3.41. The molecule has 0 radical (unpaired) electrons. The van der Waals surface area contributed by atoms with Crippen LogP contribution in [0.5, 0.6) is 23.0 Å². The number of ether oxygens (including phenoxy) is 3. The van der Waals surface area contributed by atoms with Crippen molar-refractivity contribution in [3.8, 4) is 23.0 Å². The van der Waals surface area contributed by atoms with Crippen LogP contribution in [-0.2, 0) is 9.84 Å². The van der Waals surface area contributed by atoms with Crippen molar-refractivity contribution >= 4 is 15.5 Å². The number of para-hydroxylation sites is 1. The van der Waals surface area contributed by atoms with Crippen LogP contribution in [-0.4, -0.2) is 21.5 Å². The van der Waals surface area contributed by atoms with Gasteiger partial charge in [-0.2, -0.15) is 0 Å². The fourth-order valence-electron chi connectivity index (χ4n) is 2.00. The summed E-state index contributed by atoms with van der Waals surface area (Å²) in [6.07, 6.45) is 1.10. The minimum absolute atomic E-state index is 0.0424. The number of benzene rings is 2. The number of fused-ring (bicyclic) bond motifs is 1. The van der Waals surface area contributed by atoms with Crippen LogP contribution in [0.4, 0.5) is 5.69 Å². The third-order valence-corrected chi connectivity index (χ3v) is 4.15. The molecule has 2 aromatic rings. The van der Waals surface area contributed by atoms with Gasteiger partial charge in [0.15, 0.2) is 27.1 Å². The molecule has 0 saturated carbocycles. The van der Waals surface area contributed by atoms with E-state index in [1.807, 2.05) is 0 Å². The van der Waals surface area contributed by atoms with Gasteiger partial charge in [-0.1, -0.05) is 6.07 Å². The quantitative estimate of drug-likeness (QED) is 0.875. The van der Waals surface area contributed by atoms with Crippen LogP contribution in [0.1, 0.15) is 0 Å². The van der Waals surface area contributed by atoms with E-state index in [0.29, 0.717) is 17.2 Å². The predicted octanol–water partition coefficient (Wildman–Crippen LogP) is 2.19. The number of rotatable bonds is 3. The summed E-state index contributed by atoms with van der Waals surface area (Å²) in [6, 6.07) is 9.70. The highest BCUT2D eigenvalue weighted by Gasteiger charge is 2.17. The van der Waals surface area contributed by atoms with E-state index in [1.54, 1.807) is 30.3 Å². The first kappa shape index (κ1) is 13.6. The highest BCUT2D eigenvalue weighted by Crippen LogP contribution is 2.38. The Bertz CT molecular complexity index is 801. The summed E-state index contributed by atoms with van der Waals surface area (Å²) in [5.41, 5.74) is 5.95. The molecular formula is C14H13NO5S. The topological polar surface area (TPSA) is 87.9 Å². The fourth-order valence-corrected chi connectivity index (χ4v) is 2.83. The predicted molar refractivity (Wildman–Crippen MR) is 76.6 cm³/mol. The number of nitrogen functional groups attached to an aromatic ring is 1. The molecule has 2 aromatic carbocycles. The van der Waals surface area contributed by atoms with Crippen molar-refractivity contribution in [3.05, 3.63) is 36.4 Å². The van der Waals surface area contributed by atoms with Crippen molar-refractivity contribution in [2.24, 2.45) is 0 Å². The average Bonchev–Trinajstić information content (AvgIpc) is 2.87. The van der Waals surface area contributed by atoms with Gasteiger partial charge >= 0.3 is 0 Å². The lowest BCUT2D eigenvalue weighted by Gasteiger charge is -2.11. The van der Waals surface area contributed by atoms with Crippen LogP contribution in [0.25, 0.3) is 0 Å². The summed E-state index contributed by atoms with van der Waals surface area (Å²) < 4.78 is 39.4. The summed E-state index contributed by atoms with van der Waals surface area (Å²) in [5, 5.41) is 0. The maximum Gasteiger partial charge on any atom is 0.231 e. The van der Waals surface area contributed by atoms with Crippen LogP contribution < -0.4 is 19.9 Å². The van der Waals surface area contributed by atoms with Crippen LogP contribution in [0.3, 0.4) is 0 Å². The second-order valence-corrected chi connectivity index (χ2v) is 6.54. The maximum absolute atomic E-state index is 11.6. The molecule has 1 heterocycles. The monoisotopic (exact) mass is 307 g/mol. The second-order valence-electron chi connectivity index (χ2n) is 4.56. The lowest BCUT2D eigenvalue weighted by molar-refractivity contribution is 0.174. The zero-order chi connectivity index (χ0) is 15.0. The van der Waals surface area contributed by atoms with E-state index in [1.165, 1.54) is 6.07 Å². The zero-order valence-electron chi connectivity index (χ0n) is 11.2. The standard InChI is InChI=1S/C14H13NO5S/c1-21(16,17)13-4-2-3-11(14(13)15)20-9-5-6-10-12(7-9)19-8-18-10/h2-7H,8,15H2,1H3. The first-order chi connectivity index (χ1) is 9.95. The molecule has 0 spiro atoms. The lowest BCUT2D eigenvalue weighted by atomic mass is 10.3. The molecule has 0 aromatic heterocycles. The van der Waals surface area contributed by atoms with Gasteiger partial charge in [0, 0.05) is 12.3 Å². The highest BCUT2D eigenvalue weighted by molar-refractivity contribution is 7.90. The molecule has 0 aliphatic carbocycles. The third kappa shape index (κ3) is 2.59. The molecule has 1 aliphatic rings. The minimum Gasteiger partial charge on any atom is -0.455 e. The third-order valence-electron chi connectivity index (χ3n) is 3.00. The van der Waals surface area contributed by atoms with Gasteiger partial charge in [-0.25, -0.2) is 8.42 Å². The van der Waals surface area contributed by atoms with Gasteiger partial charge in [0.1, 0.15) is 5.75 Å². The molecule has 21 heavy (non-hydrogen) atoms. The van der Waals surface area contributed by atoms with Crippen molar-refractivity contribution in [1.29, 1.82) is 0 Å². The summed E-state index contributed by atoms with van der Waals surface area (Å²) in [6.45, 7) is 0.171. The maximum atomic E-state index is 11.6. The second kappa shape index (κ2) is 4.85. The molecule has 0 bridgehead atoms. The first-order valence-electron chi connectivity index (χ1n) is 6.11. The Labute approximate surface area is 122 Å². The Balaban J connectivity index is 1.95. The molecular weight excluding hydrogens is 294 g/mol. The number of hydrogen-bond acceptors (Lipinski definition) is 6. The smallest absolute Gasteiger partial charge is 0.231 e. The number of nitrogens with two attached hydrogens (primary N) is 1. The Hall–Kier alpha value is -2.41. The molecule has 7 heteroatoms. The van der Waals surface area contributed by atoms with E-state index in [0.717, 1.165) is 6.26 Å². The van der Waals surface area contributed by atoms with Crippen molar-refractivity contribution in [3.63, 3.8) is 0 Å². The van der Waals surface area contributed by atoms with Crippen LogP contribution in [0, 0.1) is 0 Å². The Morgan fingerprint density at radius 3 is 2.67 bits per heavy atom. The van der Waals surface area contributed by atoms with E-state index in [-0.39, 0.29) is 23.1 Å².